The van der Waals surface area contributed by atoms with Gasteiger partial charge in [0, 0.05) is 19.6 Å². The van der Waals surface area contributed by atoms with Gasteiger partial charge in [0.1, 0.15) is 0 Å². The molecule has 0 amide bonds. The number of guanidine groups is 1. The van der Waals surface area contributed by atoms with Crippen LogP contribution < -0.4 is 10.0 Å². The Kier molecular flexibility index (Phi) is 10.2. The lowest BCUT2D eigenvalue weighted by atomic mass is 9.99. The number of aliphatic imine (C=N–C) groups is 1. The van der Waals surface area contributed by atoms with Gasteiger partial charge in [-0.25, -0.2) is 18.1 Å². The predicted octanol–water partition coefficient (Wildman–Crippen LogP) is 3.38. The number of rotatable bonds is 8. The van der Waals surface area contributed by atoms with E-state index in [9.17, 15) is 8.42 Å². The van der Waals surface area contributed by atoms with E-state index in [-0.39, 0.29) is 29.7 Å². The second kappa shape index (κ2) is 12.4. The zero-order valence-corrected chi connectivity index (χ0v) is 21.4. The SMILES string of the molecule is CCNC(=NCc1cccc(CS(=O)(=O)NC)c1)N1CCC(Cc2ccccc2)C1.I. The van der Waals surface area contributed by atoms with E-state index in [0.717, 1.165) is 49.6 Å². The minimum absolute atomic E-state index is 0. The highest BCUT2D eigenvalue weighted by atomic mass is 127. The van der Waals surface area contributed by atoms with Gasteiger partial charge >= 0.3 is 0 Å². The van der Waals surface area contributed by atoms with Crippen molar-refractivity contribution in [3.05, 3.63) is 71.3 Å². The Morgan fingerprint density at radius 3 is 2.52 bits per heavy atom. The molecule has 0 spiro atoms. The number of hydrogen-bond acceptors (Lipinski definition) is 3. The molecule has 3 rings (SSSR count). The number of nitrogens with one attached hydrogen (secondary N) is 2. The van der Waals surface area contributed by atoms with E-state index in [1.165, 1.54) is 12.6 Å². The molecule has 2 aromatic carbocycles. The molecule has 1 heterocycles. The van der Waals surface area contributed by atoms with Crippen molar-refractivity contribution < 1.29 is 8.42 Å². The van der Waals surface area contributed by atoms with E-state index in [4.69, 9.17) is 4.99 Å². The topological polar surface area (TPSA) is 73.8 Å². The Balaban J connectivity index is 0.00000341. The van der Waals surface area contributed by atoms with Gasteiger partial charge < -0.3 is 10.2 Å². The standard InChI is InChI=1S/C23H32N4O2S.HI/c1-3-25-23(27-13-12-21(17-27)14-19-8-5-4-6-9-19)26-16-20-10-7-11-22(15-20)18-30(28,29)24-2;/h4-11,15,21,24H,3,12-14,16-18H2,1-2H3,(H,25,26);1H. The minimum atomic E-state index is -3.28. The molecule has 31 heavy (non-hydrogen) atoms. The molecule has 2 N–H and O–H groups in total. The second-order valence-electron chi connectivity index (χ2n) is 7.74. The molecule has 0 aromatic heterocycles. The van der Waals surface area contributed by atoms with Crippen LogP contribution in [0.2, 0.25) is 0 Å². The van der Waals surface area contributed by atoms with Crippen molar-refractivity contribution >= 4 is 40.0 Å². The number of nitrogens with zero attached hydrogens (tertiary/aromatic N) is 2. The number of likely N-dealkylation sites (tertiary alicyclic amines) is 1. The van der Waals surface area contributed by atoms with Gasteiger partial charge in [0.2, 0.25) is 10.0 Å². The molecule has 1 aliphatic rings. The van der Waals surface area contributed by atoms with Crippen molar-refractivity contribution in [1.82, 2.24) is 14.9 Å². The van der Waals surface area contributed by atoms with Gasteiger partial charge in [-0.15, -0.1) is 24.0 Å². The molecular formula is C23H33IN4O2S. The van der Waals surface area contributed by atoms with Crippen LogP contribution in [-0.4, -0.2) is 46.0 Å². The molecule has 8 heteroatoms. The molecule has 170 valence electrons. The molecule has 0 saturated carbocycles. The zero-order chi connectivity index (χ0) is 21.4. The van der Waals surface area contributed by atoms with Gasteiger partial charge in [-0.1, -0.05) is 54.6 Å². The molecule has 0 radical (unpaired) electrons. The van der Waals surface area contributed by atoms with E-state index in [1.807, 2.05) is 24.3 Å². The molecule has 1 unspecified atom stereocenters. The highest BCUT2D eigenvalue weighted by molar-refractivity contribution is 14.0. The van der Waals surface area contributed by atoms with Crippen LogP contribution in [0.1, 0.15) is 30.0 Å². The maximum atomic E-state index is 11.8. The lowest BCUT2D eigenvalue weighted by Crippen LogP contribution is -2.40. The third-order valence-electron chi connectivity index (χ3n) is 5.36. The van der Waals surface area contributed by atoms with Gasteiger partial charge in [-0.2, -0.15) is 0 Å². The summed E-state index contributed by atoms with van der Waals surface area (Å²) in [5, 5.41) is 3.41. The van der Waals surface area contributed by atoms with Crippen LogP contribution in [0.15, 0.2) is 59.6 Å². The normalized spacial score (nSPS) is 16.8. The van der Waals surface area contributed by atoms with E-state index >= 15 is 0 Å². The number of sulfonamides is 1. The summed E-state index contributed by atoms with van der Waals surface area (Å²) >= 11 is 0. The fourth-order valence-electron chi connectivity index (χ4n) is 3.84. The predicted molar refractivity (Wildman–Crippen MR) is 138 cm³/mol. The maximum Gasteiger partial charge on any atom is 0.215 e. The van der Waals surface area contributed by atoms with Crippen LogP contribution in [0.3, 0.4) is 0 Å². The van der Waals surface area contributed by atoms with Crippen molar-refractivity contribution in [2.75, 3.05) is 26.7 Å². The van der Waals surface area contributed by atoms with Crippen LogP contribution in [0, 0.1) is 5.92 Å². The van der Waals surface area contributed by atoms with E-state index in [0.29, 0.717) is 12.5 Å². The number of halogens is 1. The first-order valence-electron chi connectivity index (χ1n) is 10.6. The molecular weight excluding hydrogens is 523 g/mol. The molecule has 0 aliphatic carbocycles. The Bertz CT molecular complexity index is 951. The first-order chi connectivity index (χ1) is 14.5. The van der Waals surface area contributed by atoms with E-state index in [1.54, 1.807) is 0 Å². The van der Waals surface area contributed by atoms with E-state index < -0.39 is 10.0 Å². The van der Waals surface area contributed by atoms with Gasteiger partial charge in [-0.05, 0) is 49.4 Å². The highest BCUT2D eigenvalue weighted by Crippen LogP contribution is 2.21. The van der Waals surface area contributed by atoms with Crippen LogP contribution in [-0.2, 0) is 28.7 Å². The average molecular weight is 557 g/mol. The number of benzene rings is 2. The fraction of sp³-hybridized carbons (Fsp3) is 0.435. The van der Waals surface area contributed by atoms with Gasteiger partial charge in [0.15, 0.2) is 5.96 Å². The minimum Gasteiger partial charge on any atom is -0.357 e. The quantitative estimate of drug-likeness (QED) is 0.297. The maximum absolute atomic E-state index is 11.8. The van der Waals surface area contributed by atoms with E-state index in [2.05, 4.69) is 52.2 Å². The van der Waals surface area contributed by atoms with Crippen molar-refractivity contribution in [3.8, 4) is 0 Å². The summed E-state index contributed by atoms with van der Waals surface area (Å²) in [7, 11) is -1.84. The average Bonchev–Trinajstić information content (AvgIpc) is 3.20. The first kappa shape index (κ1) is 25.6. The third kappa shape index (κ3) is 8.08. The largest absolute Gasteiger partial charge is 0.357 e. The Morgan fingerprint density at radius 2 is 1.81 bits per heavy atom. The lowest BCUT2D eigenvalue weighted by molar-refractivity contribution is 0.460. The summed E-state index contributed by atoms with van der Waals surface area (Å²) in [5.41, 5.74) is 3.17. The molecule has 1 atom stereocenters. The molecule has 1 aliphatic heterocycles. The molecule has 6 nitrogen and oxygen atoms in total. The van der Waals surface area contributed by atoms with Crippen LogP contribution in [0.5, 0.6) is 0 Å². The summed E-state index contributed by atoms with van der Waals surface area (Å²) < 4.78 is 26.0. The van der Waals surface area contributed by atoms with Crippen molar-refractivity contribution in [1.29, 1.82) is 0 Å². The molecule has 0 bridgehead atoms. The summed E-state index contributed by atoms with van der Waals surface area (Å²) in [6.07, 6.45) is 2.26. The van der Waals surface area contributed by atoms with Gasteiger partial charge in [-0.3, -0.25) is 0 Å². The summed E-state index contributed by atoms with van der Waals surface area (Å²) in [6, 6.07) is 18.3. The fourth-order valence-corrected chi connectivity index (χ4v) is 4.60. The Hall–Kier alpha value is -1.65. The van der Waals surface area contributed by atoms with Crippen molar-refractivity contribution in [2.45, 2.75) is 32.1 Å². The molecule has 2 aromatic rings. The number of hydrogen-bond donors (Lipinski definition) is 2. The lowest BCUT2D eigenvalue weighted by Gasteiger charge is -2.22. The smallest absolute Gasteiger partial charge is 0.215 e. The molecule has 1 saturated heterocycles. The van der Waals surface area contributed by atoms with Crippen molar-refractivity contribution in [2.24, 2.45) is 10.9 Å². The Morgan fingerprint density at radius 1 is 1.10 bits per heavy atom. The van der Waals surface area contributed by atoms with Crippen LogP contribution >= 0.6 is 24.0 Å². The third-order valence-corrected chi connectivity index (χ3v) is 6.69. The summed E-state index contributed by atoms with van der Waals surface area (Å²) in [5.74, 6) is 1.54. The van der Waals surface area contributed by atoms with Crippen molar-refractivity contribution in [3.63, 3.8) is 0 Å². The second-order valence-corrected chi connectivity index (χ2v) is 9.67. The summed E-state index contributed by atoms with van der Waals surface area (Å²) in [4.78, 5) is 7.17. The Labute approximate surface area is 203 Å². The van der Waals surface area contributed by atoms with Crippen LogP contribution in [0.25, 0.3) is 0 Å². The first-order valence-corrected chi connectivity index (χ1v) is 12.2. The summed E-state index contributed by atoms with van der Waals surface area (Å²) in [6.45, 7) is 5.43. The highest BCUT2D eigenvalue weighted by Gasteiger charge is 2.25. The van der Waals surface area contributed by atoms with Crippen LogP contribution in [0.4, 0.5) is 0 Å². The van der Waals surface area contributed by atoms with Gasteiger partial charge in [0.05, 0.1) is 12.3 Å². The molecule has 1 fully saturated rings. The monoisotopic (exact) mass is 556 g/mol. The zero-order valence-electron chi connectivity index (χ0n) is 18.3. The van der Waals surface area contributed by atoms with Gasteiger partial charge in [0.25, 0.3) is 0 Å².